The van der Waals surface area contributed by atoms with Crippen LogP contribution in [0.1, 0.15) is 104 Å². The minimum atomic E-state index is -4.23. The van der Waals surface area contributed by atoms with E-state index < -0.39 is 20.2 Å². The second-order valence-electron chi connectivity index (χ2n) is 9.45. The van der Waals surface area contributed by atoms with Crippen molar-refractivity contribution in [2.75, 3.05) is 50.8 Å². The smallest absolute Gasteiger partial charge is 0.748 e. The maximum absolute atomic E-state index is 11.1. The van der Waals surface area contributed by atoms with Gasteiger partial charge in [0.05, 0.1) is 31.7 Å². The summed E-state index contributed by atoms with van der Waals surface area (Å²) < 4.78 is 66.5. The minimum absolute atomic E-state index is 0. The molecule has 0 amide bonds. The van der Waals surface area contributed by atoms with E-state index >= 15 is 0 Å². The van der Waals surface area contributed by atoms with Crippen LogP contribution in [-0.2, 0) is 20.2 Å². The van der Waals surface area contributed by atoms with Gasteiger partial charge in [0.2, 0.25) is 0 Å². The molecule has 206 valence electrons. The van der Waals surface area contributed by atoms with Gasteiger partial charge in [0, 0.05) is 13.1 Å². The van der Waals surface area contributed by atoms with Crippen molar-refractivity contribution in [2.24, 2.45) is 0 Å². The maximum atomic E-state index is 11.1. The Balaban J connectivity index is -0.00000544. The van der Waals surface area contributed by atoms with Crippen LogP contribution in [-0.4, -0.2) is 86.5 Å². The van der Waals surface area contributed by atoms with Gasteiger partial charge in [-0.3, -0.25) is 0 Å². The summed E-state index contributed by atoms with van der Waals surface area (Å²) in [6.45, 7) is 7.89. The molecular formula is C24H50N2Na2O6S2. The van der Waals surface area contributed by atoms with E-state index in [2.05, 4.69) is 23.6 Å². The molecule has 0 N–H and O–H groups in total. The van der Waals surface area contributed by atoms with Crippen LogP contribution < -0.4 is 59.1 Å². The molecule has 0 radical (unpaired) electrons. The van der Waals surface area contributed by atoms with Crippen molar-refractivity contribution >= 4 is 20.2 Å². The SMILES string of the molecule is CCCCCCCCN(CCCCN(CCCCCCCC)CCS(=O)(=O)[O-])CCS(=O)(=O)[O-].[Na+].[Na+]. The third kappa shape index (κ3) is 32.0. The average Bonchev–Trinajstić information content (AvgIpc) is 2.75. The third-order valence-electron chi connectivity index (χ3n) is 6.17. The second-order valence-corrected chi connectivity index (χ2v) is 12.5. The fourth-order valence-electron chi connectivity index (χ4n) is 4.05. The molecule has 0 saturated heterocycles. The van der Waals surface area contributed by atoms with Gasteiger partial charge >= 0.3 is 59.1 Å². The molecule has 0 fully saturated rings. The Morgan fingerprint density at radius 3 is 0.972 bits per heavy atom. The molecule has 8 nitrogen and oxygen atoms in total. The predicted molar refractivity (Wildman–Crippen MR) is 138 cm³/mol. The standard InChI is InChI=1S/C24H52N2O6S2.2Na/c1-3-5-7-9-11-13-17-25(21-23-33(27,28)29)19-15-16-20-26(22-24-34(30,31)32)18-14-12-10-8-6-4-2;;/h3-24H2,1-2H3,(H,27,28,29)(H,30,31,32);;/q;2*+1/p-2. The van der Waals surface area contributed by atoms with Crippen LogP contribution in [0.15, 0.2) is 0 Å². The molecular weight excluding hydrogens is 522 g/mol. The van der Waals surface area contributed by atoms with Crippen molar-refractivity contribution in [3.05, 3.63) is 0 Å². The molecule has 0 saturated carbocycles. The molecule has 0 aliphatic rings. The molecule has 0 aliphatic carbocycles. The molecule has 0 atom stereocenters. The Labute approximate surface area is 267 Å². The number of hydrogen-bond donors (Lipinski definition) is 0. The average molecular weight is 573 g/mol. The number of unbranched alkanes of at least 4 members (excludes halogenated alkanes) is 11. The summed E-state index contributed by atoms with van der Waals surface area (Å²) >= 11 is 0. The van der Waals surface area contributed by atoms with Gasteiger partial charge in [-0.1, -0.05) is 78.1 Å². The Hall–Kier alpha value is 1.74. The van der Waals surface area contributed by atoms with Gasteiger partial charge in [-0.25, -0.2) is 16.8 Å². The quantitative estimate of drug-likeness (QED) is 0.0713. The zero-order chi connectivity index (χ0) is 25.7. The summed E-state index contributed by atoms with van der Waals surface area (Å²) in [4.78, 5) is 4.13. The number of hydrogen-bond acceptors (Lipinski definition) is 8. The van der Waals surface area contributed by atoms with Gasteiger partial charge < -0.3 is 18.9 Å². The minimum Gasteiger partial charge on any atom is -0.748 e. The van der Waals surface area contributed by atoms with Crippen molar-refractivity contribution in [1.29, 1.82) is 0 Å². The van der Waals surface area contributed by atoms with Gasteiger partial charge in [-0.05, 0) is 51.9 Å². The molecule has 0 heterocycles. The fraction of sp³-hybridized carbons (Fsp3) is 1.00. The molecule has 0 spiro atoms. The van der Waals surface area contributed by atoms with Crippen LogP contribution in [0.25, 0.3) is 0 Å². The summed E-state index contributed by atoms with van der Waals surface area (Å²) in [5.74, 6) is -0.733. The molecule has 0 aliphatic heterocycles. The Morgan fingerprint density at radius 1 is 0.444 bits per heavy atom. The second kappa shape index (κ2) is 26.9. The first-order valence-electron chi connectivity index (χ1n) is 13.4. The van der Waals surface area contributed by atoms with E-state index in [0.717, 1.165) is 64.7 Å². The molecule has 0 aromatic heterocycles. The zero-order valence-electron chi connectivity index (χ0n) is 23.7. The van der Waals surface area contributed by atoms with Gasteiger partial charge in [-0.15, -0.1) is 0 Å². The van der Waals surface area contributed by atoms with Crippen LogP contribution in [0, 0.1) is 0 Å². The molecule has 0 rings (SSSR count). The van der Waals surface area contributed by atoms with Crippen LogP contribution in [0.4, 0.5) is 0 Å². The predicted octanol–water partition coefficient (Wildman–Crippen LogP) is -1.81. The van der Waals surface area contributed by atoms with Crippen LogP contribution in [0.3, 0.4) is 0 Å². The largest absolute Gasteiger partial charge is 1.00 e. The Morgan fingerprint density at radius 2 is 0.694 bits per heavy atom. The maximum Gasteiger partial charge on any atom is 1.00 e. The van der Waals surface area contributed by atoms with E-state index in [9.17, 15) is 25.9 Å². The summed E-state index contributed by atoms with van der Waals surface area (Å²) in [6.07, 6.45) is 15.6. The summed E-state index contributed by atoms with van der Waals surface area (Å²) in [6, 6.07) is 0. The first-order chi connectivity index (χ1) is 16.1. The van der Waals surface area contributed by atoms with E-state index in [4.69, 9.17) is 0 Å². The van der Waals surface area contributed by atoms with Crippen LogP contribution >= 0.6 is 0 Å². The number of nitrogens with zero attached hydrogens (tertiary/aromatic N) is 2. The molecule has 0 aromatic carbocycles. The third-order valence-corrected chi connectivity index (χ3v) is 7.53. The topological polar surface area (TPSA) is 121 Å². The van der Waals surface area contributed by atoms with Crippen LogP contribution in [0.5, 0.6) is 0 Å². The van der Waals surface area contributed by atoms with Crippen molar-refractivity contribution in [3.63, 3.8) is 0 Å². The van der Waals surface area contributed by atoms with Crippen molar-refractivity contribution in [1.82, 2.24) is 9.80 Å². The normalized spacial score (nSPS) is 12.1. The molecule has 0 bridgehead atoms. The van der Waals surface area contributed by atoms with E-state index in [1.165, 1.54) is 51.4 Å². The first-order valence-corrected chi connectivity index (χ1v) is 16.5. The summed E-state index contributed by atoms with van der Waals surface area (Å²) in [5.41, 5.74) is 0. The molecule has 12 heteroatoms. The van der Waals surface area contributed by atoms with Gasteiger partial charge in [-0.2, -0.15) is 0 Å². The van der Waals surface area contributed by atoms with E-state index in [0.29, 0.717) is 0 Å². The van der Waals surface area contributed by atoms with Gasteiger partial charge in [0.1, 0.15) is 0 Å². The number of rotatable bonds is 25. The Bertz CT molecular complexity index is 624. The zero-order valence-corrected chi connectivity index (χ0v) is 29.3. The van der Waals surface area contributed by atoms with Crippen LogP contribution in [0.2, 0.25) is 0 Å². The van der Waals surface area contributed by atoms with Crippen molar-refractivity contribution in [3.8, 4) is 0 Å². The van der Waals surface area contributed by atoms with Crippen molar-refractivity contribution < 1.29 is 85.1 Å². The van der Waals surface area contributed by atoms with Gasteiger partial charge in [0.15, 0.2) is 0 Å². The summed E-state index contributed by atoms with van der Waals surface area (Å²) in [7, 11) is -8.46. The fourth-order valence-corrected chi connectivity index (χ4v) is 5.02. The van der Waals surface area contributed by atoms with Crippen molar-refractivity contribution in [2.45, 2.75) is 104 Å². The Kier molecular flexibility index (Phi) is 31.6. The van der Waals surface area contributed by atoms with E-state index in [-0.39, 0.29) is 83.7 Å². The summed E-state index contributed by atoms with van der Waals surface area (Å²) in [5, 5.41) is 0. The molecule has 0 aromatic rings. The first kappa shape index (κ1) is 42.2. The van der Waals surface area contributed by atoms with E-state index in [1.54, 1.807) is 0 Å². The van der Waals surface area contributed by atoms with E-state index in [1.807, 2.05) is 0 Å². The molecule has 36 heavy (non-hydrogen) atoms. The monoisotopic (exact) mass is 572 g/mol. The van der Waals surface area contributed by atoms with Gasteiger partial charge in [0.25, 0.3) is 0 Å². The molecule has 0 unspecified atom stereocenters.